The van der Waals surface area contributed by atoms with Crippen LogP contribution in [0.5, 0.6) is 0 Å². The van der Waals surface area contributed by atoms with Crippen LogP contribution in [0.25, 0.3) is 5.65 Å². The first-order chi connectivity index (χ1) is 12.0. The largest absolute Gasteiger partial charge is 0.346 e. The maximum atomic E-state index is 12.9. The van der Waals surface area contributed by atoms with E-state index in [0.29, 0.717) is 5.65 Å². The zero-order valence-corrected chi connectivity index (χ0v) is 14.5. The summed E-state index contributed by atoms with van der Waals surface area (Å²) in [5.41, 5.74) is 1.16. The van der Waals surface area contributed by atoms with Gasteiger partial charge in [0.2, 0.25) is 0 Å². The smallest absolute Gasteiger partial charge is 0.270 e. The molecule has 4 bridgehead atoms. The molecule has 4 aliphatic rings. The number of hydrogen-bond acceptors (Lipinski definition) is 3. The number of nitrogens with zero attached hydrogens (tertiary/aromatic N) is 2. The van der Waals surface area contributed by atoms with Gasteiger partial charge in [-0.25, -0.2) is 4.98 Å². The maximum Gasteiger partial charge on any atom is 0.270 e. The van der Waals surface area contributed by atoms with Gasteiger partial charge in [0.25, 0.3) is 11.5 Å². The SMILES string of the molecule is Cc1cccc2ncc(C(=O)NC34CC5CC(CC(C5)C3)C4)c(=O)n12. The van der Waals surface area contributed by atoms with Crippen LogP contribution in [0.15, 0.2) is 29.2 Å². The molecule has 0 saturated heterocycles. The van der Waals surface area contributed by atoms with Crippen LogP contribution in [0.1, 0.15) is 54.6 Å². The molecule has 2 aromatic rings. The van der Waals surface area contributed by atoms with Crippen LogP contribution < -0.4 is 10.9 Å². The standard InChI is InChI=1S/C20H23N3O2/c1-12-3-2-4-17-21-11-16(19(25)23(12)17)18(24)22-20-8-13-5-14(9-20)7-15(6-13)10-20/h2-4,11,13-15H,5-10H2,1H3,(H,22,24). The normalized spacial score (nSPS) is 32.9. The van der Waals surface area contributed by atoms with Crippen LogP contribution in [0, 0.1) is 24.7 Å². The summed E-state index contributed by atoms with van der Waals surface area (Å²) in [5.74, 6) is 2.01. The molecule has 4 fully saturated rings. The second-order valence-electron chi connectivity index (χ2n) is 8.49. The van der Waals surface area contributed by atoms with Crippen molar-refractivity contribution >= 4 is 11.6 Å². The van der Waals surface area contributed by atoms with Gasteiger partial charge in [-0.05, 0) is 75.3 Å². The van der Waals surface area contributed by atoms with E-state index >= 15 is 0 Å². The molecule has 6 rings (SSSR count). The third-order valence-electron chi connectivity index (χ3n) is 6.59. The third kappa shape index (κ3) is 2.32. The van der Waals surface area contributed by atoms with Crippen molar-refractivity contribution in [2.24, 2.45) is 17.8 Å². The van der Waals surface area contributed by atoms with Crippen molar-refractivity contribution in [3.8, 4) is 0 Å². The molecule has 1 amide bonds. The molecule has 0 atom stereocenters. The van der Waals surface area contributed by atoms with E-state index in [1.807, 2.05) is 19.1 Å². The first-order valence-electron chi connectivity index (χ1n) is 9.33. The summed E-state index contributed by atoms with van der Waals surface area (Å²) >= 11 is 0. The lowest BCUT2D eigenvalue weighted by Crippen LogP contribution is -2.60. The molecule has 25 heavy (non-hydrogen) atoms. The molecule has 2 heterocycles. The lowest BCUT2D eigenvalue weighted by Gasteiger charge is -2.56. The van der Waals surface area contributed by atoms with Crippen LogP contribution in [-0.2, 0) is 0 Å². The summed E-state index contributed by atoms with van der Waals surface area (Å²) in [7, 11) is 0. The number of pyridine rings is 1. The molecule has 0 unspecified atom stereocenters. The highest BCUT2D eigenvalue weighted by Gasteiger charge is 2.51. The monoisotopic (exact) mass is 337 g/mol. The van der Waals surface area contributed by atoms with E-state index in [2.05, 4.69) is 10.3 Å². The van der Waals surface area contributed by atoms with Crippen molar-refractivity contribution in [2.75, 3.05) is 0 Å². The van der Waals surface area contributed by atoms with Crippen molar-refractivity contribution in [3.05, 3.63) is 46.0 Å². The zero-order chi connectivity index (χ0) is 17.2. The van der Waals surface area contributed by atoms with E-state index < -0.39 is 0 Å². The van der Waals surface area contributed by atoms with Gasteiger partial charge in [-0.1, -0.05) is 6.07 Å². The molecule has 0 aromatic carbocycles. The van der Waals surface area contributed by atoms with Gasteiger partial charge in [0.15, 0.2) is 0 Å². The number of hydrogen-bond donors (Lipinski definition) is 1. The number of nitrogens with one attached hydrogen (secondary N) is 1. The van der Waals surface area contributed by atoms with E-state index in [9.17, 15) is 9.59 Å². The molecule has 5 nitrogen and oxygen atoms in total. The summed E-state index contributed by atoms with van der Waals surface area (Å²) < 4.78 is 1.52. The number of fused-ring (bicyclic) bond motifs is 1. The molecule has 0 aliphatic heterocycles. The molecule has 2 aromatic heterocycles. The summed E-state index contributed by atoms with van der Waals surface area (Å²) in [4.78, 5) is 30.1. The van der Waals surface area contributed by atoms with Crippen LogP contribution in [0.4, 0.5) is 0 Å². The van der Waals surface area contributed by atoms with Gasteiger partial charge < -0.3 is 5.32 Å². The molecule has 4 saturated carbocycles. The summed E-state index contributed by atoms with van der Waals surface area (Å²) in [6.45, 7) is 1.86. The number of aryl methyl sites for hydroxylation is 1. The van der Waals surface area contributed by atoms with Crippen LogP contribution >= 0.6 is 0 Å². The van der Waals surface area contributed by atoms with Crippen molar-refractivity contribution in [1.82, 2.24) is 14.7 Å². The van der Waals surface area contributed by atoms with Gasteiger partial charge in [0.1, 0.15) is 11.2 Å². The highest BCUT2D eigenvalue weighted by molar-refractivity contribution is 5.94. The van der Waals surface area contributed by atoms with E-state index in [1.54, 1.807) is 6.07 Å². The van der Waals surface area contributed by atoms with Crippen molar-refractivity contribution in [1.29, 1.82) is 0 Å². The Kier molecular flexibility index (Phi) is 3.12. The van der Waals surface area contributed by atoms with E-state index in [4.69, 9.17) is 0 Å². The molecular weight excluding hydrogens is 314 g/mol. The number of aromatic nitrogens is 2. The Morgan fingerprint density at radius 1 is 1.16 bits per heavy atom. The molecule has 4 aliphatic carbocycles. The van der Waals surface area contributed by atoms with Crippen LogP contribution in [0.2, 0.25) is 0 Å². The van der Waals surface area contributed by atoms with Gasteiger partial charge in [0.05, 0.1) is 0 Å². The number of amides is 1. The van der Waals surface area contributed by atoms with Gasteiger partial charge in [-0.15, -0.1) is 0 Å². The highest BCUT2D eigenvalue weighted by atomic mass is 16.2. The lowest BCUT2D eigenvalue weighted by atomic mass is 9.53. The fourth-order valence-electron chi connectivity index (χ4n) is 6.00. The predicted octanol–water partition coefficient (Wildman–Crippen LogP) is 2.70. The van der Waals surface area contributed by atoms with Gasteiger partial charge >= 0.3 is 0 Å². The number of rotatable bonds is 2. The van der Waals surface area contributed by atoms with Gasteiger partial charge in [-0.2, -0.15) is 0 Å². The quantitative estimate of drug-likeness (QED) is 0.916. The number of carbonyl (C=O) groups excluding carboxylic acids is 1. The molecule has 1 N–H and O–H groups in total. The van der Waals surface area contributed by atoms with E-state index in [0.717, 1.165) is 42.7 Å². The fourth-order valence-corrected chi connectivity index (χ4v) is 6.00. The molecule has 0 radical (unpaired) electrons. The van der Waals surface area contributed by atoms with Crippen molar-refractivity contribution in [2.45, 2.75) is 51.0 Å². The Bertz CT molecular complexity index is 895. The van der Waals surface area contributed by atoms with Crippen molar-refractivity contribution in [3.63, 3.8) is 0 Å². The summed E-state index contributed by atoms with van der Waals surface area (Å²) in [6.07, 6.45) is 8.65. The van der Waals surface area contributed by atoms with E-state index in [-0.39, 0.29) is 22.6 Å². The first kappa shape index (κ1) is 15.1. The Balaban J connectivity index is 1.49. The highest BCUT2D eigenvalue weighted by Crippen LogP contribution is 2.55. The first-order valence-corrected chi connectivity index (χ1v) is 9.33. The minimum absolute atomic E-state index is 0.0936. The average Bonchev–Trinajstić information content (AvgIpc) is 2.53. The maximum absolute atomic E-state index is 12.9. The second-order valence-corrected chi connectivity index (χ2v) is 8.49. The molecular formula is C20H23N3O2. The fraction of sp³-hybridized carbons (Fsp3) is 0.550. The second kappa shape index (κ2) is 5.16. The Labute approximate surface area is 146 Å². The Morgan fingerprint density at radius 2 is 1.80 bits per heavy atom. The number of carbonyl (C=O) groups is 1. The van der Waals surface area contributed by atoms with Gasteiger partial charge in [0, 0.05) is 17.4 Å². The Hall–Kier alpha value is -2.17. The minimum atomic E-state index is -0.273. The Morgan fingerprint density at radius 3 is 2.44 bits per heavy atom. The molecule has 0 spiro atoms. The lowest BCUT2D eigenvalue weighted by molar-refractivity contribution is -0.0167. The molecule has 5 heteroatoms. The predicted molar refractivity (Wildman–Crippen MR) is 94.6 cm³/mol. The summed E-state index contributed by atoms with van der Waals surface area (Å²) in [6, 6.07) is 5.51. The van der Waals surface area contributed by atoms with E-state index in [1.165, 1.54) is 29.9 Å². The zero-order valence-electron chi connectivity index (χ0n) is 14.5. The molecule has 130 valence electrons. The van der Waals surface area contributed by atoms with Gasteiger partial charge in [-0.3, -0.25) is 14.0 Å². The minimum Gasteiger partial charge on any atom is -0.346 e. The van der Waals surface area contributed by atoms with Crippen LogP contribution in [0.3, 0.4) is 0 Å². The summed E-state index contributed by atoms with van der Waals surface area (Å²) in [5, 5.41) is 3.27. The van der Waals surface area contributed by atoms with Crippen LogP contribution in [-0.4, -0.2) is 20.8 Å². The average molecular weight is 337 g/mol. The van der Waals surface area contributed by atoms with Crippen molar-refractivity contribution < 1.29 is 4.79 Å². The topological polar surface area (TPSA) is 63.5 Å². The third-order valence-corrected chi connectivity index (χ3v) is 6.59.